The topological polar surface area (TPSA) is 120 Å². The zero-order chi connectivity index (χ0) is 14.8. The maximum Gasteiger partial charge on any atom is 0.367 e. The maximum atomic E-state index is 11.3. The average Bonchev–Trinajstić information content (AvgIpc) is 2.80. The highest BCUT2D eigenvalue weighted by molar-refractivity contribution is 5.79. The molecule has 0 bridgehead atoms. The van der Waals surface area contributed by atoms with Crippen LogP contribution in [0.5, 0.6) is 0 Å². The SMILES string of the molecule is CC(C)=C(O)[C@H]1OC(O)(C(=O)O)[C@]2(OC2(C)C)[C@H]1O. The van der Waals surface area contributed by atoms with Gasteiger partial charge >= 0.3 is 11.8 Å². The van der Waals surface area contributed by atoms with Crippen molar-refractivity contribution < 1.29 is 34.7 Å². The van der Waals surface area contributed by atoms with E-state index in [9.17, 15) is 25.2 Å². The van der Waals surface area contributed by atoms with Gasteiger partial charge in [0, 0.05) is 0 Å². The summed E-state index contributed by atoms with van der Waals surface area (Å²) in [6.07, 6.45) is -2.83. The Morgan fingerprint density at radius 3 is 1.95 bits per heavy atom. The van der Waals surface area contributed by atoms with E-state index in [0.717, 1.165) is 0 Å². The highest BCUT2D eigenvalue weighted by atomic mass is 16.8. The average molecular weight is 274 g/mol. The van der Waals surface area contributed by atoms with Gasteiger partial charge in [-0.3, -0.25) is 0 Å². The van der Waals surface area contributed by atoms with Crippen LogP contribution >= 0.6 is 0 Å². The molecular formula is C12H18O7. The summed E-state index contributed by atoms with van der Waals surface area (Å²) in [5.41, 5.74) is -2.41. The summed E-state index contributed by atoms with van der Waals surface area (Å²) in [6.45, 7) is 6.23. The Morgan fingerprint density at radius 1 is 1.21 bits per heavy atom. The second-order valence-corrected chi connectivity index (χ2v) is 5.67. The fourth-order valence-electron chi connectivity index (χ4n) is 2.72. The first kappa shape index (κ1) is 14.3. The molecule has 0 aromatic heterocycles. The fraction of sp³-hybridized carbons (Fsp3) is 0.750. The number of hydrogen-bond acceptors (Lipinski definition) is 6. The second-order valence-electron chi connectivity index (χ2n) is 5.67. The predicted molar refractivity (Wildman–Crippen MR) is 62.4 cm³/mol. The number of aliphatic carboxylic acids is 1. The third-order valence-corrected chi connectivity index (χ3v) is 3.84. The lowest BCUT2D eigenvalue weighted by Crippen LogP contribution is -2.55. The maximum absolute atomic E-state index is 11.3. The molecule has 2 heterocycles. The van der Waals surface area contributed by atoms with Gasteiger partial charge in [-0.05, 0) is 33.3 Å². The molecule has 0 aromatic rings. The molecule has 2 fully saturated rings. The van der Waals surface area contributed by atoms with Gasteiger partial charge in [0.2, 0.25) is 0 Å². The second kappa shape index (κ2) is 3.69. The Labute approximate surface area is 110 Å². The van der Waals surface area contributed by atoms with Gasteiger partial charge in [0.05, 0.1) is 0 Å². The third-order valence-electron chi connectivity index (χ3n) is 3.84. The predicted octanol–water partition coefficient (Wildman–Crippen LogP) is -0.0812. The highest BCUT2D eigenvalue weighted by Gasteiger charge is 2.87. The Hall–Kier alpha value is -1.15. The van der Waals surface area contributed by atoms with E-state index in [-0.39, 0.29) is 5.76 Å². The van der Waals surface area contributed by atoms with Gasteiger partial charge in [0.15, 0.2) is 5.60 Å². The molecule has 4 N–H and O–H groups in total. The van der Waals surface area contributed by atoms with Crippen molar-refractivity contribution >= 4 is 5.97 Å². The van der Waals surface area contributed by atoms with Crippen LogP contribution in [0.4, 0.5) is 0 Å². The van der Waals surface area contributed by atoms with Crippen molar-refractivity contribution in [3.8, 4) is 0 Å². The molecule has 2 aliphatic heterocycles. The summed E-state index contributed by atoms with van der Waals surface area (Å²) in [5, 5.41) is 39.5. The van der Waals surface area contributed by atoms with Crippen molar-refractivity contribution in [3.05, 3.63) is 11.3 Å². The van der Waals surface area contributed by atoms with Crippen molar-refractivity contribution in [2.75, 3.05) is 0 Å². The molecule has 0 amide bonds. The number of rotatable bonds is 2. The van der Waals surface area contributed by atoms with E-state index in [1.807, 2.05) is 0 Å². The first-order valence-corrected chi connectivity index (χ1v) is 5.89. The van der Waals surface area contributed by atoms with Gasteiger partial charge in [0.1, 0.15) is 23.6 Å². The standard InChI is InChI=1S/C12H18O7/c1-5(2)6(13)7-8(14)11(10(3,4)19-11)12(17,18-7)9(15)16/h7-8,13-14,17H,1-4H3,(H,15,16)/t7-,8+,11+,12?/m1/s1. The van der Waals surface area contributed by atoms with E-state index < -0.39 is 35.2 Å². The molecule has 0 aliphatic carbocycles. The van der Waals surface area contributed by atoms with Crippen LogP contribution in [0.3, 0.4) is 0 Å². The number of carboxylic acids is 1. The Morgan fingerprint density at radius 2 is 1.68 bits per heavy atom. The van der Waals surface area contributed by atoms with Gasteiger partial charge in [-0.1, -0.05) is 0 Å². The fourth-order valence-corrected chi connectivity index (χ4v) is 2.72. The minimum atomic E-state index is -2.70. The molecule has 19 heavy (non-hydrogen) atoms. The van der Waals surface area contributed by atoms with Crippen molar-refractivity contribution in [2.45, 2.75) is 56.9 Å². The number of aliphatic hydroxyl groups is 3. The molecule has 1 spiro atoms. The van der Waals surface area contributed by atoms with Gasteiger partial charge in [-0.2, -0.15) is 0 Å². The lowest BCUT2D eigenvalue weighted by Gasteiger charge is -2.23. The molecule has 4 atom stereocenters. The molecule has 0 aromatic carbocycles. The number of allylic oxidation sites excluding steroid dienone is 1. The highest BCUT2D eigenvalue weighted by Crippen LogP contribution is 2.62. The van der Waals surface area contributed by atoms with E-state index in [1.54, 1.807) is 13.8 Å². The monoisotopic (exact) mass is 274 g/mol. The van der Waals surface area contributed by atoms with Gasteiger partial charge < -0.3 is 29.9 Å². The summed E-state index contributed by atoms with van der Waals surface area (Å²) in [7, 11) is 0. The van der Waals surface area contributed by atoms with E-state index in [1.165, 1.54) is 13.8 Å². The summed E-state index contributed by atoms with van der Waals surface area (Å²) < 4.78 is 10.3. The van der Waals surface area contributed by atoms with Crippen LogP contribution in [0, 0.1) is 0 Å². The van der Waals surface area contributed by atoms with Crippen molar-refractivity contribution in [1.82, 2.24) is 0 Å². The quantitative estimate of drug-likeness (QED) is 0.410. The van der Waals surface area contributed by atoms with Crippen LogP contribution in [0.25, 0.3) is 0 Å². The zero-order valence-electron chi connectivity index (χ0n) is 11.2. The first-order chi connectivity index (χ1) is 8.51. The molecule has 2 rings (SSSR count). The molecule has 7 heteroatoms. The van der Waals surface area contributed by atoms with E-state index in [4.69, 9.17) is 9.47 Å². The minimum absolute atomic E-state index is 0.310. The number of carboxylic acid groups (broad SMARTS) is 1. The number of ether oxygens (including phenoxy) is 2. The zero-order valence-corrected chi connectivity index (χ0v) is 11.2. The summed E-state index contributed by atoms with van der Waals surface area (Å²) in [5.74, 6) is -4.68. The largest absolute Gasteiger partial charge is 0.510 e. The summed E-state index contributed by atoms with van der Waals surface area (Å²) in [4.78, 5) is 11.3. The van der Waals surface area contributed by atoms with Crippen LogP contribution in [0.1, 0.15) is 27.7 Å². The van der Waals surface area contributed by atoms with Crippen molar-refractivity contribution in [3.63, 3.8) is 0 Å². The molecule has 7 nitrogen and oxygen atoms in total. The van der Waals surface area contributed by atoms with Crippen molar-refractivity contribution in [2.24, 2.45) is 0 Å². The number of hydrogen-bond donors (Lipinski definition) is 4. The molecule has 0 radical (unpaired) electrons. The number of aliphatic hydroxyl groups excluding tert-OH is 2. The van der Waals surface area contributed by atoms with Gasteiger partial charge in [0.25, 0.3) is 0 Å². The molecule has 1 unspecified atom stereocenters. The molecule has 2 aliphatic rings. The lowest BCUT2D eigenvalue weighted by molar-refractivity contribution is -0.230. The van der Waals surface area contributed by atoms with Crippen LogP contribution in [-0.2, 0) is 14.3 Å². The minimum Gasteiger partial charge on any atom is -0.510 e. The molecule has 2 saturated heterocycles. The lowest BCUT2D eigenvalue weighted by atomic mass is 9.83. The van der Waals surface area contributed by atoms with Crippen LogP contribution < -0.4 is 0 Å². The smallest absolute Gasteiger partial charge is 0.367 e. The molecular weight excluding hydrogens is 256 g/mol. The van der Waals surface area contributed by atoms with E-state index in [2.05, 4.69) is 0 Å². The Bertz CT molecular complexity index is 465. The van der Waals surface area contributed by atoms with E-state index in [0.29, 0.717) is 5.57 Å². The van der Waals surface area contributed by atoms with Crippen LogP contribution in [0.2, 0.25) is 0 Å². The van der Waals surface area contributed by atoms with Crippen molar-refractivity contribution in [1.29, 1.82) is 0 Å². The third kappa shape index (κ3) is 1.50. The van der Waals surface area contributed by atoms with Crippen LogP contribution in [-0.4, -0.2) is 55.6 Å². The first-order valence-electron chi connectivity index (χ1n) is 5.89. The van der Waals surface area contributed by atoms with Gasteiger partial charge in [-0.15, -0.1) is 0 Å². The van der Waals surface area contributed by atoms with E-state index >= 15 is 0 Å². The Kier molecular flexibility index (Phi) is 2.77. The van der Waals surface area contributed by atoms with Crippen LogP contribution in [0.15, 0.2) is 11.3 Å². The number of carbonyl (C=O) groups is 1. The summed E-state index contributed by atoms with van der Waals surface area (Å²) >= 11 is 0. The molecule has 0 saturated carbocycles. The van der Waals surface area contributed by atoms with Gasteiger partial charge in [-0.25, -0.2) is 4.79 Å². The normalized spacial score (nSPS) is 43.3. The summed E-state index contributed by atoms with van der Waals surface area (Å²) in [6, 6.07) is 0. The number of epoxide rings is 1. The molecule has 108 valence electrons. The Balaban J connectivity index is 2.50.